The molecule has 5 rings (SSSR count). The molecule has 35 heavy (non-hydrogen) atoms. The number of hydrogen-bond donors (Lipinski definition) is 6. The van der Waals surface area contributed by atoms with Crippen LogP contribution in [0.3, 0.4) is 0 Å². The van der Waals surface area contributed by atoms with Crippen molar-refractivity contribution in [3.8, 4) is 0 Å². The zero-order valence-electron chi connectivity index (χ0n) is 18.8. The Balaban J connectivity index is 0.000000356. The zero-order chi connectivity index (χ0) is 25.3. The van der Waals surface area contributed by atoms with Crippen LogP contribution in [-0.2, 0) is 24.1 Å². The van der Waals surface area contributed by atoms with Crippen LogP contribution in [0.25, 0.3) is 11.6 Å². The highest BCUT2D eigenvalue weighted by Gasteiger charge is 2.30. The van der Waals surface area contributed by atoms with E-state index in [1.54, 1.807) is 19.9 Å². The normalized spacial score (nSPS) is 21.7. The largest absolute Gasteiger partial charge is 0.358 e. The van der Waals surface area contributed by atoms with Crippen molar-refractivity contribution in [2.24, 2.45) is 5.73 Å². The Bertz CT molecular complexity index is 1260. The molecule has 0 spiro atoms. The average Bonchev–Trinajstić information content (AvgIpc) is 3.53. The standard InChI is InChI=1S/C19H17FN4O4.C3H6N2O2/c1-8-14(6-12-11-5-10(20)3-4-13(11)22-17(12)25)21-9(2)16(8)19(27)23-15-7-28-24-18(15)26;4-2-1-7-5-3(2)6/h3-6,15,21H,7H2,1-2H3,(H,22,25)(H,23,27)(H,24,26);2H,1,4H2,(H,5,6)/b12-6-;/t15-;2-/m11/s1. The van der Waals surface area contributed by atoms with Crippen molar-refractivity contribution in [1.82, 2.24) is 21.3 Å². The first-order valence-electron chi connectivity index (χ1n) is 10.6. The maximum absolute atomic E-state index is 13.6. The van der Waals surface area contributed by atoms with Crippen molar-refractivity contribution in [1.29, 1.82) is 0 Å². The van der Waals surface area contributed by atoms with Gasteiger partial charge >= 0.3 is 0 Å². The fraction of sp³-hybridized carbons (Fsp3) is 0.273. The maximum atomic E-state index is 13.6. The number of fused-ring (bicyclic) bond motifs is 1. The van der Waals surface area contributed by atoms with E-state index in [1.165, 1.54) is 18.2 Å². The van der Waals surface area contributed by atoms with Crippen LogP contribution < -0.4 is 27.3 Å². The number of hydroxylamine groups is 2. The number of anilines is 1. The number of aryl methyl sites for hydroxylation is 1. The lowest BCUT2D eigenvalue weighted by molar-refractivity contribution is -0.125. The first kappa shape index (κ1) is 24.1. The number of rotatable bonds is 3. The van der Waals surface area contributed by atoms with Crippen molar-refractivity contribution < 1.29 is 33.2 Å². The predicted molar refractivity (Wildman–Crippen MR) is 121 cm³/mol. The molecule has 2 aromatic rings. The molecule has 7 N–H and O–H groups in total. The summed E-state index contributed by atoms with van der Waals surface area (Å²) in [5.74, 6) is -1.87. The molecule has 0 aliphatic carbocycles. The lowest BCUT2D eigenvalue weighted by Gasteiger charge is -2.09. The lowest BCUT2D eigenvalue weighted by Crippen LogP contribution is -2.41. The topological polar surface area (TPSA) is 177 Å². The number of carbonyl (C=O) groups excluding carboxylic acids is 4. The van der Waals surface area contributed by atoms with E-state index in [-0.39, 0.29) is 18.4 Å². The fourth-order valence-electron chi connectivity index (χ4n) is 3.74. The van der Waals surface area contributed by atoms with Crippen molar-refractivity contribution in [2.45, 2.75) is 25.9 Å². The summed E-state index contributed by atoms with van der Waals surface area (Å²) in [7, 11) is 0. The molecule has 12 nitrogen and oxygen atoms in total. The van der Waals surface area contributed by atoms with Gasteiger partial charge in [-0.15, -0.1) is 0 Å². The van der Waals surface area contributed by atoms with Crippen LogP contribution >= 0.6 is 0 Å². The molecule has 2 fully saturated rings. The molecule has 0 bridgehead atoms. The van der Waals surface area contributed by atoms with Gasteiger partial charge in [0.15, 0.2) is 0 Å². The molecule has 0 radical (unpaired) electrons. The molecule has 0 unspecified atom stereocenters. The second kappa shape index (κ2) is 9.66. The van der Waals surface area contributed by atoms with Gasteiger partial charge in [-0.25, -0.2) is 15.4 Å². The van der Waals surface area contributed by atoms with Crippen LogP contribution in [0.15, 0.2) is 18.2 Å². The summed E-state index contributed by atoms with van der Waals surface area (Å²) < 4.78 is 13.6. The van der Waals surface area contributed by atoms with Crippen molar-refractivity contribution in [3.63, 3.8) is 0 Å². The fourth-order valence-corrected chi connectivity index (χ4v) is 3.74. The number of nitrogens with one attached hydrogen (secondary N) is 5. The number of amides is 4. The highest BCUT2D eigenvalue weighted by molar-refractivity contribution is 6.34. The molecule has 2 saturated heterocycles. The van der Waals surface area contributed by atoms with E-state index in [0.717, 1.165) is 0 Å². The first-order chi connectivity index (χ1) is 16.7. The summed E-state index contributed by atoms with van der Waals surface area (Å²) in [4.78, 5) is 59.1. The summed E-state index contributed by atoms with van der Waals surface area (Å²) in [6.07, 6.45) is 1.59. The third kappa shape index (κ3) is 4.91. The molecule has 1 aromatic heterocycles. The third-order valence-electron chi connectivity index (χ3n) is 5.57. The molecule has 2 atom stereocenters. The van der Waals surface area contributed by atoms with Gasteiger partial charge in [-0.1, -0.05) is 0 Å². The Morgan fingerprint density at radius 3 is 2.46 bits per heavy atom. The third-order valence-corrected chi connectivity index (χ3v) is 5.57. The molecule has 13 heteroatoms. The number of nitrogens with two attached hydrogens (primary N) is 1. The number of halogens is 1. The van der Waals surface area contributed by atoms with Crippen molar-refractivity contribution >= 4 is 41.0 Å². The zero-order valence-corrected chi connectivity index (χ0v) is 18.8. The molecule has 184 valence electrons. The van der Waals surface area contributed by atoms with Crippen LogP contribution in [0.5, 0.6) is 0 Å². The Morgan fingerprint density at radius 1 is 1.14 bits per heavy atom. The molecular weight excluding hydrogens is 463 g/mol. The summed E-state index contributed by atoms with van der Waals surface area (Å²) in [6.45, 7) is 3.79. The first-order valence-corrected chi connectivity index (χ1v) is 10.6. The van der Waals surface area contributed by atoms with E-state index < -0.39 is 29.7 Å². The van der Waals surface area contributed by atoms with Gasteiger partial charge in [-0.2, -0.15) is 0 Å². The highest BCUT2D eigenvalue weighted by atomic mass is 19.1. The molecular formula is C22H23FN6O6. The Morgan fingerprint density at radius 2 is 1.86 bits per heavy atom. The van der Waals surface area contributed by atoms with Gasteiger partial charge in [0.1, 0.15) is 24.5 Å². The molecule has 3 aliphatic rings. The minimum absolute atomic E-state index is 0.0481. The van der Waals surface area contributed by atoms with Gasteiger partial charge < -0.3 is 21.4 Å². The van der Waals surface area contributed by atoms with E-state index in [4.69, 9.17) is 10.6 Å². The van der Waals surface area contributed by atoms with Crippen LogP contribution in [0.2, 0.25) is 0 Å². The quantitative estimate of drug-likeness (QED) is 0.325. The van der Waals surface area contributed by atoms with Gasteiger partial charge in [-0.05, 0) is 43.7 Å². The predicted octanol–water partition coefficient (Wildman–Crippen LogP) is -0.202. The number of carbonyl (C=O) groups is 4. The van der Waals surface area contributed by atoms with Crippen LogP contribution in [0.4, 0.5) is 10.1 Å². The molecule has 4 heterocycles. The summed E-state index contributed by atoms with van der Waals surface area (Å²) in [6, 6.07) is 2.84. The van der Waals surface area contributed by atoms with Gasteiger partial charge in [-0.3, -0.25) is 28.9 Å². The molecule has 3 aliphatic heterocycles. The Kier molecular flexibility index (Phi) is 6.64. The number of aromatic amines is 1. The summed E-state index contributed by atoms with van der Waals surface area (Å²) in [5, 5.41) is 5.31. The second-order valence-electron chi connectivity index (χ2n) is 8.05. The highest BCUT2D eigenvalue weighted by Crippen LogP contribution is 2.34. The molecule has 1 aromatic carbocycles. The van der Waals surface area contributed by atoms with Crippen LogP contribution in [-0.4, -0.2) is 53.9 Å². The Labute approximate surface area is 198 Å². The van der Waals surface area contributed by atoms with Gasteiger partial charge in [0, 0.05) is 22.6 Å². The van der Waals surface area contributed by atoms with E-state index >= 15 is 0 Å². The van der Waals surface area contributed by atoms with Crippen molar-refractivity contribution in [2.75, 3.05) is 18.5 Å². The number of H-pyrrole nitrogens is 1. The lowest BCUT2D eigenvalue weighted by atomic mass is 10.0. The molecule has 0 saturated carbocycles. The molecule has 4 amide bonds. The smallest absolute Gasteiger partial charge is 0.268 e. The van der Waals surface area contributed by atoms with E-state index in [1.807, 2.05) is 0 Å². The Hall–Kier alpha value is -4.07. The average molecular weight is 486 g/mol. The van der Waals surface area contributed by atoms with Gasteiger partial charge in [0.25, 0.3) is 23.6 Å². The number of benzene rings is 1. The monoisotopic (exact) mass is 486 g/mol. The second-order valence-corrected chi connectivity index (χ2v) is 8.05. The maximum Gasteiger partial charge on any atom is 0.268 e. The van der Waals surface area contributed by atoms with Gasteiger partial charge in [0.05, 0.1) is 17.7 Å². The van der Waals surface area contributed by atoms with E-state index in [9.17, 15) is 23.6 Å². The minimum atomic E-state index is -0.765. The minimum Gasteiger partial charge on any atom is -0.358 e. The van der Waals surface area contributed by atoms with Gasteiger partial charge in [0.2, 0.25) is 0 Å². The summed E-state index contributed by atoms with van der Waals surface area (Å²) >= 11 is 0. The number of hydrogen-bond acceptors (Lipinski definition) is 7. The number of aromatic nitrogens is 1. The van der Waals surface area contributed by atoms with E-state index in [0.29, 0.717) is 45.9 Å². The van der Waals surface area contributed by atoms with Crippen LogP contribution in [0.1, 0.15) is 32.9 Å². The van der Waals surface area contributed by atoms with Crippen molar-refractivity contribution in [3.05, 3.63) is 52.1 Å². The van der Waals surface area contributed by atoms with Crippen LogP contribution in [0, 0.1) is 19.7 Å². The van der Waals surface area contributed by atoms with E-state index in [2.05, 4.69) is 31.4 Å². The summed E-state index contributed by atoms with van der Waals surface area (Å²) in [5.41, 5.74) is 12.8. The SMILES string of the molecule is Cc1[nH]c(/C=C2\C(=O)Nc3ccc(F)cc32)c(C)c1C(=O)N[C@@H]1CONC1=O.N[C@@H]1CONC1=O.